The maximum absolute atomic E-state index is 9.39. The molecule has 0 radical (unpaired) electrons. The molecule has 5 heteroatoms. The van der Waals surface area contributed by atoms with Gasteiger partial charge in [0.2, 0.25) is 0 Å². The van der Waals surface area contributed by atoms with Gasteiger partial charge in [0.1, 0.15) is 8.07 Å². The first-order valence-corrected chi connectivity index (χ1v) is 10.4. The van der Waals surface area contributed by atoms with Crippen molar-refractivity contribution in [3.05, 3.63) is 0 Å². The molecule has 0 aromatic rings. The molecular weight excluding hydrogens is 268 g/mol. The fraction of sp³-hybridized carbons (Fsp3) is 1.00. The number of halogens is 1. The highest BCUT2D eigenvalue weighted by molar-refractivity contribution is 6.79. The van der Waals surface area contributed by atoms with Gasteiger partial charge in [-0.1, -0.05) is 39.0 Å². The van der Waals surface area contributed by atoms with Gasteiger partial charge in [0, 0.05) is 24.6 Å². The summed E-state index contributed by atoms with van der Waals surface area (Å²) in [6.07, 6.45) is 6.81. The van der Waals surface area contributed by atoms with E-state index in [1.54, 1.807) is 0 Å². The first-order chi connectivity index (χ1) is 8.67. The first kappa shape index (κ1) is 18.4. The van der Waals surface area contributed by atoms with Crippen LogP contribution in [0.3, 0.4) is 0 Å². The second-order valence-corrected chi connectivity index (χ2v) is 10.1. The van der Waals surface area contributed by atoms with Crippen LogP contribution in [0.4, 0.5) is 0 Å². The summed E-state index contributed by atoms with van der Waals surface area (Å²) in [5, 5.41) is 28.2. The molecule has 3 N–H and O–H groups in total. The molecule has 3 nitrogen and oxygen atoms in total. The molecule has 18 heavy (non-hydrogen) atoms. The van der Waals surface area contributed by atoms with Crippen LogP contribution in [0.15, 0.2) is 0 Å². The maximum atomic E-state index is 9.39. The van der Waals surface area contributed by atoms with Crippen LogP contribution < -0.4 is 0 Å². The lowest BCUT2D eigenvalue weighted by Crippen LogP contribution is -2.49. The molecule has 1 unspecified atom stereocenters. The van der Waals surface area contributed by atoms with Crippen molar-refractivity contribution in [2.45, 2.75) is 51.5 Å². The monoisotopic (exact) mass is 296 g/mol. The van der Waals surface area contributed by atoms with Crippen molar-refractivity contribution in [2.24, 2.45) is 5.92 Å². The van der Waals surface area contributed by atoms with Crippen LogP contribution in [0.2, 0.25) is 6.04 Å². The molecule has 0 aromatic heterocycles. The average Bonchev–Trinajstić information content (AvgIpc) is 2.43. The molecule has 0 rings (SSSR count). The van der Waals surface area contributed by atoms with Gasteiger partial charge in [-0.3, -0.25) is 0 Å². The van der Waals surface area contributed by atoms with Crippen LogP contribution in [0.5, 0.6) is 0 Å². The zero-order valence-corrected chi connectivity index (χ0v) is 13.3. The maximum Gasteiger partial charge on any atom is 0.140 e. The zero-order valence-electron chi connectivity index (χ0n) is 11.6. The van der Waals surface area contributed by atoms with E-state index in [4.69, 9.17) is 11.6 Å². The third-order valence-electron chi connectivity index (χ3n) is 3.80. The summed E-state index contributed by atoms with van der Waals surface area (Å²) < 4.78 is 0. The van der Waals surface area contributed by atoms with E-state index >= 15 is 0 Å². The van der Waals surface area contributed by atoms with Crippen LogP contribution in [-0.4, -0.2) is 48.0 Å². The summed E-state index contributed by atoms with van der Waals surface area (Å²) in [6, 6.07) is 0.836. The van der Waals surface area contributed by atoms with Crippen molar-refractivity contribution in [1.82, 2.24) is 0 Å². The van der Waals surface area contributed by atoms with Crippen molar-refractivity contribution >= 4 is 19.7 Å². The van der Waals surface area contributed by atoms with E-state index in [0.717, 1.165) is 31.2 Å². The minimum absolute atomic E-state index is 0.0112. The van der Waals surface area contributed by atoms with Gasteiger partial charge >= 0.3 is 0 Å². The van der Waals surface area contributed by atoms with E-state index in [9.17, 15) is 15.3 Å². The molecular formula is C13H29ClO3Si. The van der Waals surface area contributed by atoms with Crippen LogP contribution in [-0.2, 0) is 0 Å². The Morgan fingerprint density at radius 3 is 1.94 bits per heavy atom. The third kappa shape index (κ3) is 7.09. The predicted octanol–water partition coefficient (Wildman–Crippen LogP) is 2.25. The Morgan fingerprint density at radius 1 is 0.944 bits per heavy atom. The van der Waals surface area contributed by atoms with E-state index in [-0.39, 0.29) is 18.7 Å². The van der Waals surface area contributed by atoms with Gasteiger partial charge in [-0.2, -0.15) is 0 Å². The molecule has 1 atom stereocenters. The van der Waals surface area contributed by atoms with Crippen molar-refractivity contribution in [1.29, 1.82) is 0 Å². The number of unbranched alkanes of at least 4 members (excludes halogenated alkanes) is 3. The smallest absolute Gasteiger partial charge is 0.140 e. The number of hydrogen-bond donors (Lipinski definition) is 3. The molecule has 0 aromatic carbocycles. The summed E-state index contributed by atoms with van der Waals surface area (Å²) in [6.45, 7) is 2.15. The fourth-order valence-electron chi connectivity index (χ4n) is 2.29. The lowest BCUT2D eigenvalue weighted by molar-refractivity contribution is 0.281. The molecule has 0 bridgehead atoms. The van der Waals surface area contributed by atoms with E-state index < -0.39 is 8.07 Å². The van der Waals surface area contributed by atoms with Crippen molar-refractivity contribution in [3.8, 4) is 0 Å². The molecule has 0 saturated heterocycles. The molecule has 0 heterocycles. The van der Waals surface area contributed by atoms with Gasteiger partial charge < -0.3 is 15.3 Å². The highest BCUT2D eigenvalue weighted by atomic mass is 35.5. The Morgan fingerprint density at radius 2 is 1.50 bits per heavy atom. The highest BCUT2D eigenvalue weighted by Gasteiger charge is 2.33. The summed E-state index contributed by atoms with van der Waals surface area (Å²) >= 11 is 5.64. The number of hydrogen-bond acceptors (Lipinski definition) is 3. The van der Waals surface area contributed by atoms with Crippen LogP contribution in [0, 0.1) is 5.92 Å². The van der Waals surface area contributed by atoms with E-state index in [2.05, 4.69) is 6.92 Å². The van der Waals surface area contributed by atoms with E-state index in [1.165, 1.54) is 19.3 Å². The van der Waals surface area contributed by atoms with Gasteiger partial charge in [-0.15, -0.1) is 11.6 Å². The third-order valence-corrected chi connectivity index (χ3v) is 7.52. The van der Waals surface area contributed by atoms with Crippen LogP contribution in [0.25, 0.3) is 0 Å². The Bertz CT molecular complexity index is 181. The summed E-state index contributed by atoms with van der Waals surface area (Å²) in [5.74, 6) is 1.27. The second kappa shape index (κ2) is 11.2. The predicted molar refractivity (Wildman–Crippen MR) is 79.4 cm³/mol. The Balaban J connectivity index is 4.00. The number of aliphatic hydroxyl groups excluding tert-OH is 3. The lowest BCUT2D eigenvalue weighted by Gasteiger charge is -2.29. The Kier molecular flexibility index (Phi) is 11.5. The topological polar surface area (TPSA) is 60.7 Å². The molecule has 0 aliphatic carbocycles. The Labute approximate surface area is 117 Å². The molecule has 0 saturated carbocycles. The van der Waals surface area contributed by atoms with Crippen LogP contribution in [0.1, 0.15) is 45.4 Å². The molecule has 0 spiro atoms. The average molecular weight is 297 g/mol. The second-order valence-electron chi connectivity index (χ2n) is 5.34. The molecule has 0 fully saturated rings. The van der Waals surface area contributed by atoms with Gasteiger partial charge in [-0.05, 0) is 18.4 Å². The summed E-state index contributed by atoms with van der Waals surface area (Å²) in [5.41, 5.74) is 0. The minimum atomic E-state index is -2.23. The highest BCUT2D eigenvalue weighted by Crippen LogP contribution is 2.24. The molecule has 0 amide bonds. The quantitative estimate of drug-likeness (QED) is 0.294. The first-order valence-electron chi connectivity index (χ1n) is 7.06. The summed E-state index contributed by atoms with van der Waals surface area (Å²) in [7, 11) is -2.23. The molecule has 0 aliphatic rings. The number of aliphatic hydroxyl groups is 3. The normalized spacial score (nSPS) is 13.8. The summed E-state index contributed by atoms with van der Waals surface area (Å²) in [4.78, 5) is 0. The molecule has 0 aliphatic heterocycles. The van der Waals surface area contributed by atoms with Gasteiger partial charge in [0.05, 0.1) is 0 Å². The lowest BCUT2D eigenvalue weighted by atomic mass is 10.0. The standard InChI is InChI=1S/C13H29ClO3Si/c1-2-13(7-5-3-4-6-8-14)9-18(10-15,11-16)12-17/h13,15-17H,2-12H2,1H3. The number of rotatable bonds is 12. The SMILES string of the molecule is CCC(CCCCCCCl)C[Si](CO)(CO)CO. The van der Waals surface area contributed by atoms with Crippen molar-refractivity contribution in [2.75, 3.05) is 24.6 Å². The molecule has 110 valence electrons. The van der Waals surface area contributed by atoms with Crippen molar-refractivity contribution < 1.29 is 15.3 Å². The van der Waals surface area contributed by atoms with Crippen LogP contribution >= 0.6 is 11.6 Å². The van der Waals surface area contributed by atoms with Gasteiger partial charge in [0.15, 0.2) is 0 Å². The van der Waals surface area contributed by atoms with Gasteiger partial charge in [-0.25, -0.2) is 0 Å². The van der Waals surface area contributed by atoms with E-state index in [0.29, 0.717) is 5.92 Å². The van der Waals surface area contributed by atoms with Crippen molar-refractivity contribution in [3.63, 3.8) is 0 Å². The van der Waals surface area contributed by atoms with Gasteiger partial charge in [0.25, 0.3) is 0 Å². The van der Waals surface area contributed by atoms with E-state index in [1.807, 2.05) is 0 Å². The largest absolute Gasteiger partial charge is 0.399 e. The minimum Gasteiger partial charge on any atom is -0.399 e. The Hall–Kier alpha value is 0.387. The zero-order chi connectivity index (χ0) is 13.9. The number of alkyl halides is 1. The fourth-order valence-corrected chi connectivity index (χ4v) is 4.88.